The van der Waals surface area contributed by atoms with E-state index in [9.17, 15) is 0 Å². The number of hydrogen-bond acceptors (Lipinski definition) is 3. The highest BCUT2D eigenvalue weighted by Gasteiger charge is 2.24. The Morgan fingerprint density at radius 3 is 3.07 bits per heavy atom. The Balaban J connectivity index is 1.93. The van der Waals surface area contributed by atoms with Crippen molar-refractivity contribution in [3.05, 3.63) is 11.6 Å². The van der Waals surface area contributed by atoms with Crippen LogP contribution in [0.4, 0.5) is 0 Å². The zero-order valence-corrected chi connectivity index (χ0v) is 8.37. The fourth-order valence-electron chi connectivity index (χ4n) is 2.49. The predicted octanol–water partition coefficient (Wildman–Crippen LogP) is 1.04. The second-order valence-corrected chi connectivity index (χ2v) is 4.23. The Labute approximate surface area is 83.7 Å². The summed E-state index contributed by atoms with van der Waals surface area (Å²) in [4.78, 5) is 0. The van der Waals surface area contributed by atoms with Crippen molar-refractivity contribution in [2.24, 2.45) is 0 Å². The maximum atomic E-state index is 4.33. The van der Waals surface area contributed by atoms with Crippen molar-refractivity contribution < 1.29 is 0 Å². The molecule has 0 bridgehead atoms. The van der Waals surface area contributed by atoms with E-state index in [1.165, 1.54) is 37.3 Å². The topological polar surface area (TPSA) is 42.7 Å². The number of hydrogen-bond donors (Lipinski definition) is 1. The Hall–Kier alpha value is -0.900. The van der Waals surface area contributed by atoms with Crippen molar-refractivity contribution in [1.82, 2.24) is 20.1 Å². The molecular weight excluding hydrogens is 176 g/mol. The summed E-state index contributed by atoms with van der Waals surface area (Å²) < 4.78 is 2.33. The average Bonchev–Trinajstić information content (AvgIpc) is 2.85. The molecule has 0 unspecified atom stereocenters. The lowest BCUT2D eigenvalue weighted by Gasteiger charge is -2.17. The Kier molecular flexibility index (Phi) is 2.01. The summed E-state index contributed by atoms with van der Waals surface area (Å²) in [6.07, 6.45) is 6.16. The van der Waals surface area contributed by atoms with Gasteiger partial charge in [0, 0.05) is 13.0 Å². The molecule has 1 aromatic heterocycles. The molecule has 1 fully saturated rings. The number of nitrogens with one attached hydrogen (secondary N) is 1. The minimum atomic E-state index is 0.467. The lowest BCUT2D eigenvalue weighted by Crippen LogP contribution is -2.20. The third-order valence-electron chi connectivity index (χ3n) is 3.26. The fourth-order valence-corrected chi connectivity index (χ4v) is 2.49. The van der Waals surface area contributed by atoms with Gasteiger partial charge in [0.05, 0.1) is 6.04 Å². The quantitative estimate of drug-likeness (QED) is 0.723. The monoisotopic (exact) mass is 192 g/mol. The van der Waals surface area contributed by atoms with Crippen LogP contribution in [-0.2, 0) is 13.0 Å². The molecule has 0 radical (unpaired) electrons. The lowest BCUT2D eigenvalue weighted by molar-refractivity contribution is 0.478. The van der Waals surface area contributed by atoms with E-state index < -0.39 is 0 Å². The maximum absolute atomic E-state index is 4.33. The van der Waals surface area contributed by atoms with Crippen LogP contribution in [0.1, 0.15) is 43.4 Å². The molecule has 0 aliphatic carbocycles. The number of fused-ring (bicyclic) bond motifs is 1. The SMILES string of the molecule is C1CCn2c(nnc2[C@@H]2CCCN2)C1. The van der Waals surface area contributed by atoms with Gasteiger partial charge >= 0.3 is 0 Å². The summed E-state index contributed by atoms with van der Waals surface area (Å²) in [6, 6.07) is 0.467. The first-order chi connectivity index (χ1) is 6.95. The maximum Gasteiger partial charge on any atom is 0.150 e. The average molecular weight is 192 g/mol. The van der Waals surface area contributed by atoms with Gasteiger partial charge in [-0.3, -0.25) is 0 Å². The van der Waals surface area contributed by atoms with Crippen molar-refractivity contribution in [3.63, 3.8) is 0 Å². The molecule has 3 heterocycles. The molecule has 4 heteroatoms. The molecule has 1 N–H and O–H groups in total. The molecule has 1 saturated heterocycles. The molecule has 4 nitrogen and oxygen atoms in total. The van der Waals surface area contributed by atoms with Gasteiger partial charge in [-0.05, 0) is 32.2 Å². The van der Waals surface area contributed by atoms with E-state index in [1.807, 2.05) is 0 Å². The van der Waals surface area contributed by atoms with Crippen LogP contribution in [0.25, 0.3) is 0 Å². The van der Waals surface area contributed by atoms with E-state index >= 15 is 0 Å². The highest BCUT2D eigenvalue weighted by atomic mass is 15.3. The van der Waals surface area contributed by atoms with Crippen molar-refractivity contribution in [3.8, 4) is 0 Å². The van der Waals surface area contributed by atoms with Gasteiger partial charge in [0.2, 0.25) is 0 Å². The van der Waals surface area contributed by atoms with Crippen LogP contribution in [0, 0.1) is 0 Å². The first-order valence-electron chi connectivity index (χ1n) is 5.60. The summed E-state index contributed by atoms with van der Waals surface area (Å²) in [5, 5.41) is 12.1. The summed E-state index contributed by atoms with van der Waals surface area (Å²) >= 11 is 0. The van der Waals surface area contributed by atoms with Gasteiger partial charge in [-0.15, -0.1) is 10.2 Å². The molecule has 76 valence electrons. The molecule has 2 aliphatic rings. The largest absolute Gasteiger partial charge is 0.314 e. The fraction of sp³-hybridized carbons (Fsp3) is 0.800. The summed E-state index contributed by atoms with van der Waals surface area (Å²) in [6.45, 7) is 2.25. The van der Waals surface area contributed by atoms with Gasteiger partial charge in [-0.2, -0.15) is 0 Å². The van der Waals surface area contributed by atoms with E-state index in [4.69, 9.17) is 0 Å². The van der Waals surface area contributed by atoms with Crippen LogP contribution < -0.4 is 5.32 Å². The summed E-state index contributed by atoms with van der Waals surface area (Å²) in [7, 11) is 0. The second kappa shape index (κ2) is 3.35. The first-order valence-corrected chi connectivity index (χ1v) is 5.60. The third-order valence-corrected chi connectivity index (χ3v) is 3.26. The number of aryl methyl sites for hydroxylation is 1. The van der Waals surface area contributed by atoms with E-state index in [-0.39, 0.29) is 0 Å². The zero-order chi connectivity index (χ0) is 9.38. The van der Waals surface area contributed by atoms with Crippen LogP contribution in [0.5, 0.6) is 0 Å². The van der Waals surface area contributed by atoms with Gasteiger partial charge < -0.3 is 9.88 Å². The van der Waals surface area contributed by atoms with Crippen molar-refractivity contribution >= 4 is 0 Å². The Morgan fingerprint density at radius 2 is 2.21 bits per heavy atom. The second-order valence-electron chi connectivity index (χ2n) is 4.23. The minimum absolute atomic E-state index is 0.467. The lowest BCUT2D eigenvalue weighted by atomic mass is 10.1. The van der Waals surface area contributed by atoms with Crippen LogP contribution in [0.2, 0.25) is 0 Å². The highest BCUT2D eigenvalue weighted by molar-refractivity contribution is 5.04. The summed E-state index contributed by atoms with van der Waals surface area (Å²) in [5.41, 5.74) is 0. The molecule has 1 atom stereocenters. The number of nitrogens with zero attached hydrogens (tertiary/aromatic N) is 3. The van der Waals surface area contributed by atoms with E-state index in [0.29, 0.717) is 6.04 Å². The molecule has 2 aliphatic heterocycles. The van der Waals surface area contributed by atoms with Gasteiger partial charge in [0.1, 0.15) is 11.6 Å². The van der Waals surface area contributed by atoms with Gasteiger partial charge in [0.25, 0.3) is 0 Å². The zero-order valence-electron chi connectivity index (χ0n) is 8.37. The van der Waals surface area contributed by atoms with Crippen LogP contribution >= 0.6 is 0 Å². The first kappa shape index (κ1) is 8.41. The molecule has 3 rings (SSSR count). The smallest absolute Gasteiger partial charge is 0.150 e. The van der Waals surface area contributed by atoms with E-state index in [1.54, 1.807) is 0 Å². The van der Waals surface area contributed by atoms with E-state index in [2.05, 4.69) is 20.1 Å². The highest BCUT2D eigenvalue weighted by Crippen LogP contribution is 2.24. The van der Waals surface area contributed by atoms with Crippen molar-refractivity contribution in [1.29, 1.82) is 0 Å². The van der Waals surface area contributed by atoms with Gasteiger partial charge in [-0.25, -0.2) is 0 Å². The predicted molar refractivity (Wildman–Crippen MR) is 52.9 cm³/mol. The molecule has 1 aromatic rings. The molecule has 0 amide bonds. The standard InChI is InChI=1S/C10H16N4/c1-2-7-14-9(5-1)12-13-10(14)8-4-3-6-11-8/h8,11H,1-7H2/t8-/m0/s1. The number of rotatable bonds is 1. The molecule has 0 spiro atoms. The minimum Gasteiger partial charge on any atom is -0.314 e. The summed E-state index contributed by atoms with van der Waals surface area (Å²) in [5.74, 6) is 2.37. The van der Waals surface area contributed by atoms with Gasteiger partial charge in [-0.1, -0.05) is 0 Å². The van der Waals surface area contributed by atoms with Crippen molar-refractivity contribution in [2.45, 2.75) is 44.7 Å². The van der Waals surface area contributed by atoms with Crippen LogP contribution in [0.15, 0.2) is 0 Å². The molecule has 0 saturated carbocycles. The van der Waals surface area contributed by atoms with Crippen molar-refractivity contribution in [2.75, 3.05) is 6.54 Å². The Bertz CT molecular complexity index is 325. The molecule has 0 aromatic carbocycles. The molecule has 14 heavy (non-hydrogen) atoms. The Morgan fingerprint density at radius 1 is 1.21 bits per heavy atom. The van der Waals surface area contributed by atoms with Crippen LogP contribution in [0.3, 0.4) is 0 Å². The molecular formula is C10H16N4. The number of aromatic nitrogens is 3. The van der Waals surface area contributed by atoms with E-state index in [0.717, 1.165) is 19.5 Å². The normalized spacial score (nSPS) is 26.4. The van der Waals surface area contributed by atoms with Gasteiger partial charge in [0.15, 0.2) is 0 Å². The third kappa shape index (κ3) is 1.25. The van der Waals surface area contributed by atoms with Crippen LogP contribution in [-0.4, -0.2) is 21.3 Å².